The monoisotopic (exact) mass is 297 g/mol. The van der Waals surface area contributed by atoms with E-state index in [1.165, 1.54) is 12.1 Å². The van der Waals surface area contributed by atoms with Crippen molar-refractivity contribution in [3.05, 3.63) is 41.7 Å². The average Bonchev–Trinajstić information content (AvgIpc) is 2.54. The molecule has 1 aromatic rings. The molecule has 0 spiro atoms. The van der Waals surface area contributed by atoms with E-state index in [-0.39, 0.29) is 16.8 Å². The lowest BCUT2D eigenvalue weighted by molar-refractivity contribution is 0.323. The molecule has 1 aliphatic heterocycles. The number of halogens is 1. The molecule has 1 fully saturated rings. The minimum Gasteiger partial charge on any atom is -0.299 e. The molecule has 0 unspecified atom stereocenters. The van der Waals surface area contributed by atoms with Crippen molar-refractivity contribution in [2.45, 2.75) is 18.6 Å². The highest BCUT2D eigenvalue weighted by Gasteiger charge is 2.25. The Hall–Kier alpha value is -1.20. The SMILES string of the molecule is C[C@H]1CCN(C/C=C/c2ccc(F)cc2)CCS1(=O)=O. The van der Waals surface area contributed by atoms with E-state index in [1.807, 2.05) is 12.2 Å². The first-order valence-electron chi connectivity index (χ1n) is 6.83. The van der Waals surface area contributed by atoms with E-state index in [4.69, 9.17) is 0 Å². The lowest BCUT2D eigenvalue weighted by Gasteiger charge is -2.16. The summed E-state index contributed by atoms with van der Waals surface area (Å²) in [6.45, 7) is 3.89. The third kappa shape index (κ3) is 4.15. The molecule has 0 bridgehead atoms. The van der Waals surface area contributed by atoms with E-state index in [1.54, 1.807) is 19.1 Å². The highest BCUT2D eigenvalue weighted by Crippen LogP contribution is 2.13. The fraction of sp³-hybridized carbons (Fsp3) is 0.467. The van der Waals surface area contributed by atoms with Gasteiger partial charge in [-0.05, 0) is 37.6 Å². The first-order chi connectivity index (χ1) is 9.47. The van der Waals surface area contributed by atoms with Crippen molar-refractivity contribution >= 4 is 15.9 Å². The van der Waals surface area contributed by atoms with E-state index >= 15 is 0 Å². The van der Waals surface area contributed by atoms with Gasteiger partial charge < -0.3 is 0 Å². The molecule has 2 rings (SSSR count). The summed E-state index contributed by atoms with van der Waals surface area (Å²) in [5, 5.41) is -0.242. The summed E-state index contributed by atoms with van der Waals surface area (Å²) >= 11 is 0. The normalized spacial score (nSPS) is 23.8. The number of nitrogens with zero attached hydrogens (tertiary/aromatic N) is 1. The van der Waals surface area contributed by atoms with Crippen LogP contribution in [0.1, 0.15) is 18.9 Å². The number of rotatable bonds is 3. The molecular weight excluding hydrogens is 277 g/mol. The predicted octanol–water partition coefficient (Wildman–Crippen LogP) is 2.35. The molecule has 1 aliphatic rings. The van der Waals surface area contributed by atoms with Gasteiger partial charge in [0, 0.05) is 13.1 Å². The molecule has 0 N–H and O–H groups in total. The Kier molecular flexibility index (Phi) is 4.94. The minimum atomic E-state index is -2.92. The molecular formula is C15H20FNO2S. The van der Waals surface area contributed by atoms with Crippen molar-refractivity contribution in [2.24, 2.45) is 0 Å². The van der Waals surface area contributed by atoms with Crippen LogP contribution in [0.15, 0.2) is 30.3 Å². The van der Waals surface area contributed by atoms with Crippen LogP contribution in [0.2, 0.25) is 0 Å². The van der Waals surface area contributed by atoms with Gasteiger partial charge in [-0.15, -0.1) is 0 Å². The molecule has 1 saturated heterocycles. The van der Waals surface area contributed by atoms with Crippen LogP contribution in [0.3, 0.4) is 0 Å². The molecule has 1 heterocycles. The maximum Gasteiger partial charge on any atom is 0.154 e. The fourth-order valence-corrected chi connectivity index (χ4v) is 3.59. The zero-order valence-electron chi connectivity index (χ0n) is 11.6. The summed E-state index contributed by atoms with van der Waals surface area (Å²) in [6.07, 6.45) is 4.62. The van der Waals surface area contributed by atoms with Crippen LogP contribution >= 0.6 is 0 Å². The highest BCUT2D eigenvalue weighted by molar-refractivity contribution is 7.92. The van der Waals surface area contributed by atoms with Crippen LogP contribution in [0, 0.1) is 5.82 Å². The molecule has 0 aliphatic carbocycles. The van der Waals surface area contributed by atoms with Gasteiger partial charge in [0.1, 0.15) is 5.82 Å². The lowest BCUT2D eigenvalue weighted by atomic mass is 10.2. The van der Waals surface area contributed by atoms with Gasteiger partial charge >= 0.3 is 0 Å². The van der Waals surface area contributed by atoms with Crippen LogP contribution < -0.4 is 0 Å². The zero-order chi connectivity index (χ0) is 14.6. The summed E-state index contributed by atoms with van der Waals surface area (Å²) in [5.74, 6) is -0.00712. The van der Waals surface area contributed by atoms with Crippen molar-refractivity contribution < 1.29 is 12.8 Å². The van der Waals surface area contributed by atoms with Gasteiger partial charge in [-0.3, -0.25) is 4.90 Å². The zero-order valence-corrected chi connectivity index (χ0v) is 12.4. The van der Waals surface area contributed by atoms with E-state index < -0.39 is 9.84 Å². The first kappa shape index (κ1) is 15.2. The standard InChI is InChI=1S/C15H20FNO2S/c1-13-8-10-17(11-12-20(13,18)19)9-2-3-14-4-6-15(16)7-5-14/h2-7,13H,8-12H2,1H3/b3-2+/t13-/m0/s1. The molecule has 0 aromatic heterocycles. The van der Waals surface area contributed by atoms with Gasteiger partial charge in [0.25, 0.3) is 0 Å². The summed E-state index contributed by atoms with van der Waals surface area (Å²) in [5.41, 5.74) is 0.946. The molecule has 0 saturated carbocycles. The molecule has 1 atom stereocenters. The van der Waals surface area contributed by atoms with Gasteiger partial charge in [0.15, 0.2) is 9.84 Å². The topological polar surface area (TPSA) is 37.4 Å². The summed E-state index contributed by atoms with van der Waals surface area (Å²) < 4.78 is 36.4. The average molecular weight is 297 g/mol. The Bertz CT molecular complexity index is 566. The van der Waals surface area contributed by atoms with Crippen LogP contribution in [0.4, 0.5) is 4.39 Å². The lowest BCUT2D eigenvalue weighted by Crippen LogP contribution is -2.27. The molecule has 110 valence electrons. The molecule has 5 heteroatoms. The summed E-state index contributed by atoms with van der Waals surface area (Å²) in [7, 11) is -2.92. The second-order valence-corrected chi connectivity index (χ2v) is 7.76. The Morgan fingerprint density at radius 2 is 2.00 bits per heavy atom. The van der Waals surface area contributed by atoms with Gasteiger partial charge in [0.05, 0.1) is 11.0 Å². The third-order valence-electron chi connectivity index (χ3n) is 3.70. The van der Waals surface area contributed by atoms with Crippen LogP contribution in [-0.2, 0) is 9.84 Å². The Labute approximate surface area is 120 Å². The quantitative estimate of drug-likeness (QED) is 0.859. The van der Waals surface area contributed by atoms with Gasteiger partial charge in [0.2, 0.25) is 0 Å². The Morgan fingerprint density at radius 1 is 1.30 bits per heavy atom. The second-order valence-electron chi connectivity index (χ2n) is 5.22. The third-order valence-corrected chi connectivity index (χ3v) is 5.91. The van der Waals surface area contributed by atoms with E-state index in [2.05, 4.69) is 4.90 Å². The van der Waals surface area contributed by atoms with Crippen molar-refractivity contribution in [1.29, 1.82) is 0 Å². The van der Waals surface area contributed by atoms with Crippen LogP contribution in [-0.4, -0.2) is 44.0 Å². The highest BCUT2D eigenvalue weighted by atomic mass is 32.2. The maximum atomic E-state index is 12.8. The van der Waals surface area contributed by atoms with Crippen molar-refractivity contribution in [3.63, 3.8) is 0 Å². The summed E-state index contributed by atoms with van der Waals surface area (Å²) in [4.78, 5) is 2.14. The number of hydrogen-bond acceptors (Lipinski definition) is 3. The first-order valence-corrected chi connectivity index (χ1v) is 8.55. The van der Waals surface area contributed by atoms with E-state index in [9.17, 15) is 12.8 Å². The number of benzene rings is 1. The Morgan fingerprint density at radius 3 is 2.70 bits per heavy atom. The second kappa shape index (κ2) is 6.50. The van der Waals surface area contributed by atoms with Gasteiger partial charge in [-0.1, -0.05) is 24.3 Å². The van der Waals surface area contributed by atoms with Crippen molar-refractivity contribution in [3.8, 4) is 0 Å². The van der Waals surface area contributed by atoms with Gasteiger partial charge in [-0.2, -0.15) is 0 Å². The molecule has 0 radical (unpaired) electrons. The van der Waals surface area contributed by atoms with E-state index in [0.717, 1.165) is 18.7 Å². The molecule has 0 amide bonds. The molecule has 20 heavy (non-hydrogen) atoms. The van der Waals surface area contributed by atoms with Crippen molar-refractivity contribution in [1.82, 2.24) is 4.90 Å². The van der Waals surface area contributed by atoms with Crippen LogP contribution in [0.25, 0.3) is 6.08 Å². The smallest absolute Gasteiger partial charge is 0.154 e. The van der Waals surface area contributed by atoms with Gasteiger partial charge in [-0.25, -0.2) is 12.8 Å². The predicted molar refractivity (Wildman–Crippen MR) is 79.7 cm³/mol. The van der Waals surface area contributed by atoms with Crippen LogP contribution in [0.5, 0.6) is 0 Å². The van der Waals surface area contributed by atoms with Crippen molar-refractivity contribution in [2.75, 3.05) is 25.4 Å². The maximum absolute atomic E-state index is 12.8. The molecule has 3 nitrogen and oxygen atoms in total. The number of hydrogen-bond donors (Lipinski definition) is 0. The largest absolute Gasteiger partial charge is 0.299 e. The molecule has 1 aromatic carbocycles. The fourth-order valence-electron chi connectivity index (χ4n) is 2.21. The summed E-state index contributed by atoms with van der Waals surface area (Å²) in [6, 6.07) is 6.31. The Balaban J connectivity index is 1.89. The number of sulfone groups is 1. The minimum absolute atomic E-state index is 0.235. The van der Waals surface area contributed by atoms with E-state index in [0.29, 0.717) is 13.0 Å².